The van der Waals surface area contributed by atoms with Crippen molar-refractivity contribution in [2.24, 2.45) is 30.0 Å². The zero-order valence-corrected chi connectivity index (χ0v) is 25.4. The summed E-state index contributed by atoms with van der Waals surface area (Å²) in [7, 11) is 0. The van der Waals surface area contributed by atoms with Crippen LogP contribution < -0.4 is 11.0 Å². The van der Waals surface area contributed by atoms with Gasteiger partial charge in [-0.3, -0.25) is 0 Å². The van der Waals surface area contributed by atoms with Crippen LogP contribution in [0.15, 0.2) is 127 Å². The summed E-state index contributed by atoms with van der Waals surface area (Å²) in [6, 6.07) is 33.3. The van der Waals surface area contributed by atoms with E-state index in [0.29, 0.717) is 23.3 Å². The zero-order chi connectivity index (χ0) is 28.4. The van der Waals surface area contributed by atoms with Gasteiger partial charge in [0, 0.05) is 0 Å². The number of fused-ring (bicyclic) bond motifs is 14. The van der Waals surface area contributed by atoms with Crippen molar-refractivity contribution < 1.29 is 0 Å². The molecule has 6 heterocycles. The fourth-order valence-corrected chi connectivity index (χ4v) is 13.1. The standard InChI is InChI=1S/C34H22GeN8/c1-35(2)42-31-23-15-7-8-16-24(23)33(42)40-29-21-13-5-6-14-22(21)30(37-29)41-34-26-18-10-9-17-25(26)32(43(34)35)39-28-20-12-4-3-11-19(20)27(36-28)38-31/h3-18H,1-2H3. The Morgan fingerprint density at radius 2 is 0.744 bits per heavy atom. The molecule has 6 aromatic rings. The molecule has 0 saturated heterocycles. The van der Waals surface area contributed by atoms with Gasteiger partial charge in [-0.15, -0.1) is 0 Å². The van der Waals surface area contributed by atoms with Crippen LogP contribution in [0.5, 0.6) is 0 Å². The molecule has 0 unspecified atom stereocenters. The average Bonchev–Trinajstić information content (AvgIpc) is 3.74. The quantitative estimate of drug-likeness (QED) is 0.199. The molecule has 0 atom stereocenters. The van der Waals surface area contributed by atoms with Gasteiger partial charge in [-0.1, -0.05) is 0 Å². The van der Waals surface area contributed by atoms with Gasteiger partial charge in [0.15, 0.2) is 0 Å². The molecule has 4 aliphatic heterocycles. The molecule has 0 saturated carbocycles. The van der Waals surface area contributed by atoms with Gasteiger partial charge in [0.05, 0.1) is 0 Å². The van der Waals surface area contributed by atoms with Gasteiger partial charge in [-0.25, -0.2) is 0 Å². The van der Waals surface area contributed by atoms with Crippen molar-refractivity contribution in [3.8, 4) is 0 Å². The first kappa shape index (κ1) is 23.4. The number of hydrogen-bond acceptors (Lipinski definition) is 6. The Hall–Kier alpha value is -5.22. The van der Waals surface area contributed by atoms with Crippen LogP contribution in [0.4, 0.5) is 11.6 Å². The third kappa shape index (κ3) is 2.95. The van der Waals surface area contributed by atoms with Gasteiger partial charge in [0.2, 0.25) is 0 Å². The summed E-state index contributed by atoms with van der Waals surface area (Å²) >= 11 is -3.51. The van der Waals surface area contributed by atoms with Crippen molar-refractivity contribution in [3.05, 3.63) is 130 Å². The zero-order valence-electron chi connectivity index (χ0n) is 23.3. The molecule has 8 nitrogen and oxygen atoms in total. The predicted octanol–water partition coefficient (Wildman–Crippen LogP) is 5.64. The molecule has 9 heteroatoms. The molecule has 0 fully saturated rings. The molecule has 0 N–H and O–H groups in total. The second-order valence-corrected chi connectivity index (χ2v) is 19.8. The van der Waals surface area contributed by atoms with Crippen LogP contribution in [0.2, 0.25) is 11.5 Å². The number of nitrogens with zero attached hydrogens (tertiary/aromatic N) is 8. The van der Waals surface area contributed by atoms with Gasteiger partial charge in [0.1, 0.15) is 0 Å². The Bertz CT molecular complexity index is 2380. The van der Waals surface area contributed by atoms with Crippen molar-refractivity contribution in [2.45, 2.75) is 11.5 Å². The molecule has 10 rings (SSSR count). The van der Waals surface area contributed by atoms with E-state index in [1.807, 2.05) is 24.3 Å². The Balaban J connectivity index is 1.53. The number of amidine groups is 4. The molecule has 43 heavy (non-hydrogen) atoms. The first-order valence-corrected chi connectivity index (χ1v) is 20.4. The van der Waals surface area contributed by atoms with E-state index in [4.69, 9.17) is 30.0 Å². The van der Waals surface area contributed by atoms with E-state index in [-0.39, 0.29) is 0 Å². The fourth-order valence-electron chi connectivity index (χ4n) is 6.94. The first-order chi connectivity index (χ1) is 21.1. The van der Waals surface area contributed by atoms with Crippen molar-refractivity contribution in [1.29, 1.82) is 0 Å². The minimum absolute atomic E-state index is 0.670. The van der Waals surface area contributed by atoms with Crippen LogP contribution in [-0.2, 0) is 0 Å². The second-order valence-electron chi connectivity index (χ2n) is 11.6. The average molecular weight is 615 g/mol. The molecule has 202 valence electrons. The molecule has 4 aromatic carbocycles. The Morgan fingerprint density at radius 1 is 0.395 bits per heavy atom. The van der Waals surface area contributed by atoms with Crippen LogP contribution in [0.1, 0.15) is 22.3 Å². The molecule has 2 aromatic heterocycles. The topological polar surface area (TPSA) is 84.0 Å². The number of aliphatic imine (C=N–C) groups is 4. The van der Waals surface area contributed by atoms with Gasteiger partial charge in [-0.05, 0) is 0 Å². The Labute approximate surface area is 248 Å². The molecule has 4 aliphatic rings. The van der Waals surface area contributed by atoms with Gasteiger partial charge >= 0.3 is 249 Å². The molecular weight excluding hydrogens is 593 g/mol. The first-order valence-electron chi connectivity index (χ1n) is 14.3. The summed E-state index contributed by atoms with van der Waals surface area (Å²) in [5.74, 6) is 9.16. The van der Waals surface area contributed by atoms with Crippen LogP contribution >= 0.6 is 0 Å². The van der Waals surface area contributed by atoms with Gasteiger partial charge in [0.25, 0.3) is 0 Å². The SMILES string of the molecule is [CH3][Ge]1([CH3])[n]2c3c4ccccc4c2N=C2N=C(N=c4c5ccccc5c([n]41)=NC1=NC(=N3)c3ccccc31)c1ccccc12. The molecule has 0 spiro atoms. The van der Waals surface area contributed by atoms with Gasteiger partial charge < -0.3 is 0 Å². The summed E-state index contributed by atoms with van der Waals surface area (Å²) in [4.78, 5) is 31.6. The third-order valence-corrected chi connectivity index (χ3v) is 15.2. The molecule has 0 amide bonds. The van der Waals surface area contributed by atoms with Crippen molar-refractivity contribution in [3.63, 3.8) is 0 Å². The van der Waals surface area contributed by atoms with E-state index in [9.17, 15) is 0 Å². The number of benzene rings is 4. The van der Waals surface area contributed by atoms with E-state index in [2.05, 4.69) is 91.4 Å². The van der Waals surface area contributed by atoms with Crippen molar-refractivity contribution in [2.75, 3.05) is 0 Å². The summed E-state index contributed by atoms with van der Waals surface area (Å²) in [6.45, 7) is 0. The monoisotopic (exact) mass is 616 g/mol. The van der Waals surface area contributed by atoms with Crippen LogP contribution in [-0.4, -0.2) is 44.1 Å². The minimum atomic E-state index is -3.51. The maximum absolute atomic E-state index is 5.36. The Morgan fingerprint density at radius 3 is 1.16 bits per heavy atom. The van der Waals surface area contributed by atoms with Gasteiger partial charge in [-0.2, -0.15) is 0 Å². The van der Waals surface area contributed by atoms with E-state index in [0.717, 1.165) is 66.4 Å². The molecule has 0 aliphatic carbocycles. The van der Waals surface area contributed by atoms with Crippen LogP contribution in [0, 0.1) is 0 Å². The predicted molar refractivity (Wildman–Crippen MR) is 173 cm³/mol. The number of aromatic nitrogens is 2. The third-order valence-electron chi connectivity index (χ3n) is 8.85. The van der Waals surface area contributed by atoms with Crippen molar-refractivity contribution in [1.82, 2.24) is 7.05 Å². The summed E-state index contributed by atoms with van der Waals surface area (Å²) in [5.41, 5.74) is 5.65. The molecular formula is C34H22GeN8. The van der Waals surface area contributed by atoms with Crippen LogP contribution in [0.25, 0.3) is 21.5 Å². The fraction of sp³-hybridized carbons (Fsp3) is 0.0588. The molecule has 6 bridgehead atoms. The maximum atomic E-state index is 5.36. The van der Waals surface area contributed by atoms with Crippen molar-refractivity contribution >= 4 is 70.2 Å². The summed E-state index contributed by atoms with van der Waals surface area (Å²) in [5, 5.41) is 4.16. The summed E-state index contributed by atoms with van der Waals surface area (Å²) < 4.78 is 4.81. The second kappa shape index (κ2) is 7.99. The van der Waals surface area contributed by atoms with Crippen LogP contribution in [0.3, 0.4) is 0 Å². The van der Waals surface area contributed by atoms with E-state index < -0.39 is 13.7 Å². The van der Waals surface area contributed by atoms with E-state index >= 15 is 0 Å². The number of hydrogen-bond donors (Lipinski definition) is 0. The van der Waals surface area contributed by atoms with E-state index in [1.165, 1.54) is 0 Å². The Kier molecular flexibility index (Phi) is 4.34. The number of rotatable bonds is 0. The normalized spacial score (nSPS) is 16.8. The summed E-state index contributed by atoms with van der Waals surface area (Å²) in [6.07, 6.45) is 0. The molecule has 0 radical (unpaired) electrons. The van der Waals surface area contributed by atoms with E-state index in [1.54, 1.807) is 0 Å².